The zero-order chi connectivity index (χ0) is 13.7. The molecule has 1 unspecified atom stereocenters. The largest absolute Gasteiger partial charge is 0.307 e. The molecule has 1 aromatic heterocycles. The monoisotopic (exact) mass is 272 g/mol. The highest BCUT2D eigenvalue weighted by Crippen LogP contribution is 2.19. The summed E-state index contributed by atoms with van der Waals surface area (Å²) in [6, 6.07) is 0.441. The van der Waals surface area contributed by atoms with Gasteiger partial charge in [0, 0.05) is 26.2 Å². The van der Waals surface area contributed by atoms with Crippen molar-refractivity contribution in [2.45, 2.75) is 40.3 Å². The van der Waals surface area contributed by atoms with Gasteiger partial charge in [-0.1, -0.05) is 25.4 Å². The van der Waals surface area contributed by atoms with Crippen molar-refractivity contribution in [3.63, 3.8) is 0 Å². The lowest BCUT2D eigenvalue weighted by molar-refractivity contribution is 0.270. The summed E-state index contributed by atoms with van der Waals surface area (Å²) in [5.41, 5.74) is 1.95. The SMILES string of the molecule is CCN(CC)CC(C)NCc1c(Cl)c(C)nn1C. The minimum atomic E-state index is 0.441. The molecule has 1 heterocycles. The predicted octanol–water partition coefficient (Wildman–Crippen LogP) is 2.20. The third-order valence-corrected chi connectivity index (χ3v) is 3.80. The molecule has 0 saturated carbocycles. The maximum absolute atomic E-state index is 6.22. The van der Waals surface area contributed by atoms with E-state index in [2.05, 4.69) is 36.1 Å². The maximum atomic E-state index is 6.22. The number of hydrogen-bond donors (Lipinski definition) is 1. The molecule has 0 spiro atoms. The number of aromatic nitrogens is 2. The molecule has 5 heteroatoms. The number of nitrogens with zero attached hydrogens (tertiary/aromatic N) is 3. The number of hydrogen-bond acceptors (Lipinski definition) is 3. The normalized spacial score (nSPS) is 13.3. The Balaban J connectivity index is 2.49. The van der Waals surface area contributed by atoms with E-state index in [9.17, 15) is 0 Å². The summed E-state index contributed by atoms with van der Waals surface area (Å²) in [6.07, 6.45) is 0. The van der Waals surface area contributed by atoms with Gasteiger partial charge in [0.25, 0.3) is 0 Å². The summed E-state index contributed by atoms with van der Waals surface area (Å²) in [5, 5.41) is 8.60. The average Bonchev–Trinajstić information content (AvgIpc) is 2.58. The third-order valence-electron chi connectivity index (χ3n) is 3.31. The van der Waals surface area contributed by atoms with Gasteiger partial charge in [0.15, 0.2) is 0 Å². The van der Waals surface area contributed by atoms with Crippen LogP contribution in [0.4, 0.5) is 0 Å². The molecule has 0 aliphatic heterocycles. The van der Waals surface area contributed by atoms with E-state index in [-0.39, 0.29) is 0 Å². The number of likely N-dealkylation sites (N-methyl/N-ethyl adjacent to an activating group) is 1. The van der Waals surface area contributed by atoms with Crippen LogP contribution in [0.2, 0.25) is 5.02 Å². The van der Waals surface area contributed by atoms with Crippen LogP contribution >= 0.6 is 11.6 Å². The number of rotatable bonds is 7. The topological polar surface area (TPSA) is 33.1 Å². The molecule has 0 aromatic carbocycles. The molecule has 1 N–H and O–H groups in total. The predicted molar refractivity (Wildman–Crippen MR) is 77.0 cm³/mol. The van der Waals surface area contributed by atoms with Gasteiger partial charge >= 0.3 is 0 Å². The molecule has 1 aromatic rings. The van der Waals surface area contributed by atoms with E-state index in [0.29, 0.717) is 6.04 Å². The van der Waals surface area contributed by atoms with Crippen molar-refractivity contribution >= 4 is 11.6 Å². The smallest absolute Gasteiger partial charge is 0.0860 e. The molecule has 104 valence electrons. The first-order valence-electron chi connectivity index (χ1n) is 6.63. The first-order chi connectivity index (χ1) is 8.49. The molecule has 0 amide bonds. The summed E-state index contributed by atoms with van der Waals surface area (Å²) in [5.74, 6) is 0. The van der Waals surface area contributed by atoms with Crippen LogP contribution in [0.5, 0.6) is 0 Å². The van der Waals surface area contributed by atoms with Crippen molar-refractivity contribution in [1.82, 2.24) is 20.0 Å². The van der Waals surface area contributed by atoms with Crippen LogP contribution in [0.1, 0.15) is 32.2 Å². The van der Waals surface area contributed by atoms with Crippen LogP contribution in [0.3, 0.4) is 0 Å². The van der Waals surface area contributed by atoms with E-state index in [1.54, 1.807) is 0 Å². The van der Waals surface area contributed by atoms with Crippen LogP contribution in [-0.2, 0) is 13.6 Å². The lowest BCUT2D eigenvalue weighted by Crippen LogP contribution is -2.39. The van der Waals surface area contributed by atoms with Crippen LogP contribution in [0.15, 0.2) is 0 Å². The lowest BCUT2D eigenvalue weighted by atomic mass is 10.2. The van der Waals surface area contributed by atoms with Crippen molar-refractivity contribution in [1.29, 1.82) is 0 Å². The van der Waals surface area contributed by atoms with Gasteiger partial charge in [0.1, 0.15) is 0 Å². The molecule has 0 bridgehead atoms. The van der Waals surface area contributed by atoms with Crippen molar-refractivity contribution in [2.24, 2.45) is 7.05 Å². The maximum Gasteiger partial charge on any atom is 0.0860 e. The zero-order valence-electron chi connectivity index (χ0n) is 12.1. The summed E-state index contributed by atoms with van der Waals surface area (Å²) >= 11 is 6.22. The summed E-state index contributed by atoms with van der Waals surface area (Å²) in [6.45, 7) is 12.5. The van der Waals surface area contributed by atoms with Crippen molar-refractivity contribution in [3.8, 4) is 0 Å². The number of nitrogens with one attached hydrogen (secondary N) is 1. The first kappa shape index (κ1) is 15.5. The van der Waals surface area contributed by atoms with Gasteiger partial charge in [-0.25, -0.2) is 0 Å². The van der Waals surface area contributed by atoms with E-state index < -0.39 is 0 Å². The average molecular weight is 273 g/mol. The fraction of sp³-hybridized carbons (Fsp3) is 0.769. The fourth-order valence-electron chi connectivity index (χ4n) is 2.08. The van der Waals surface area contributed by atoms with Gasteiger partial charge < -0.3 is 10.2 Å². The van der Waals surface area contributed by atoms with Gasteiger partial charge in [0.2, 0.25) is 0 Å². The Morgan fingerprint density at radius 3 is 2.44 bits per heavy atom. The molecule has 0 aliphatic carbocycles. The number of aryl methyl sites for hydroxylation is 2. The van der Waals surface area contributed by atoms with E-state index >= 15 is 0 Å². The fourth-order valence-corrected chi connectivity index (χ4v) is 2.30. The molecular formula is C13H25ClN4. The summed E-state index contributed by atoms with van der Waals surface area (Å²) in [4.78, 5) is 2.41. The Morgan fingerprint density at radius 2 is 2.00 bits per heavy atom. The second-order valence-electron chi connectivity index (χ2n) is 4.74. The Labute approximate surface area is 115 Å². The van der Waals surface area contributed by atoms with Crippen molar-refractivity contribution in [3.05, 3.63) is 16.4 Å². The van der Waals surface area contributed by atoms with Crippen LogP contribution in [0.25, 0.3) is 0 Å². The lowest BCUT2D eigenvalue weighted by Gasteiger charge is -2.23. The molecule has 0 fully saturated rings. The molecular weight excluding hydrogens is 248 g/mol. The minimum absolute atomic E-state index is 0.441. The Bertz CT molecular complexity index is 371. The zero-order valence-corrected chi connectivity index (χ0v) is 12.9. The standard InChI is InChI=1S/C13H25ClN4/c1-6-18(7-2)9-10(3)15-8-12-13(14)11(4)16-17(12)5/h10,15H,6-9H2,1-5H3. The Hall–Kier alpha value is -0.580. The van der Waals surface area contributed by atoms with Gasteiger partial charge in [-0.3, -0.25) is 4.68 Å². The molecule has 1 atom stereocenters. The minimum Gasteiger partial charge on any atom is -0.307 e. The Morgan fingerprint density at radius 1 is 1.39 bits per heavy atom. The summed E-state index contributed by atoms with van der Waals surface area (Å²) in [7, 11) is 1.94. The highest BCUT2D eigenvalue weighted by molar-refractivity contribution is 6.31. The molecule has 0 aliphatic rings. The van der Waals surface area contributed by atoms with Gasteiger partial charge in [-0.2, -0.15) is 5.10 Å². The first-order valence-corrected chi connectivity index (χ1v) is 7.01. The quantitative estimate of drug-likeness (QED) is 0.826. The highest BCUT2D eigenvalue weighted by atomic mass is 35.5. The van der Waals surface area contributed by atoms with E-state index in [0.717, 1.165) is 42.6 Å². The van der Waals surface area contributed by atoms with Crippen molar-refractivity contribution < 1.29 is 0 Å². The number of halogens is 1. The molecule has 0 saturated heterocycles. The summed E-state index contributed by atoms with van der Waals surface area (Å²) < 4.78 is 1.86. The van der Waals surface area contributed by atoms with E-state index in [1.807, 2.05) is 18.7 Å². The van der Waals surface area contributed by atoms with Gasteiger partial charge in [0.05, 0.1) is 16.4 Å². The van der Waals surface area contributed by atoms with Gasteiger partial charge in [-0.15, -0.1) is 0 Å². The van der Waals surface area contributed by atoms with Crippen LogP contribution in [0, 0.1) is 6.92 Å². The third kappa shape index (κ3) is 3.97. The Kier molecular flexibility index (Phi) is 6.12. The van der Waals surface area contributed by atoms with E-state index in [4.69, 9.17) is 11.6 Å². The molecule has 18 heavy (non-hydrogen) atoms. The van der Waals surface area contributed by atoms with Crippen LogP contribution in [-0.4, -0.2) is 40.4 Å². The molecule has 1 rings (SSSR count). The van der Waals surface area contributed by atoms with E-state index in [1.165, 1.54) is 0 Å². The second-order valence-corrected chi connectivity index (χ2v) is 5.12. The van der Waals surface area contributed by atoms with Crippen molar-refractivity contribution in [2.75, 3.05) is 19.6 Å². The second kappa shape index (κ2) is 7.12. The molecule has 0 radical (unpaired) electrons. The highest BCUT2D eigenvalue weighted by Gasteiger charge is 2.12. The van der Waals surface area contributed by atoms with Crippen LogP contribution < -0.4 is 5.32 Å². The van der Waals surface area contributed by atoms with Gasteiger partial charge in [-0.05, 0) is 26.9 Å². The molecule has 4 nitrogen and oxygen atoms in total.